The molecule has 1 saturated heterocycles. The first-order valence-electron chi connectivity index (χ1n) is 9.18. The Bertz CT molecular complexity index is 575. The largest absolute Gasteiger partial charge is 0.405 e. The maximum atomic E-state index is 13.3. The lowest BCUT2D eigenvalue weighted by Gasteiger charge is -2.36. The summed E-state index contributed by atoms with van der Waals surface area (Å²) in [5, 5.41) is 5.53. The molecule has 0 aromatic heterocycles. The summed E-state index contributed by atoms with van der Waals surface area (Å²) in [5.74, 6) is -0.383. The van der Waals surface area contributed by atoms with Crippen LogP contribution in [0.4, 0.5) is 13.2 Å². The van der Waals surface area contributed by atoms with Crippen molar-refractivity contribution < 1.29 is 18.0 Å². The van der Waals surface area contributed by atoms with Crippen LogP contribution in [-0.4, -0.2) is 55.7 Å². The van der Waals surface area contributed by atoms with E-state index in [0.29, 0.717) is 26.2 Å². The second-order valence-electron chi connectivity index (χ2n) is 6.85. The lowest BCUT2D eigenvalue weighted by atomic mass is 9.96. The number of aryl methyl sites for hydroxylation is 1. The van der Waals surface area contributed by atoms with E-state index in [2.05, 4.69) is 17.6 Å². The van der Waals surface area contributed by atoms with Gasteiger partial charge in [-0.25, -0.2) is 0 Å². The van der Waals surface area contributed by atoms with Crippen LogP contribution in [0.5, 0.6) is 0 Å². The van der Waals surface area contributed by atoms with E-state index in [0.717, 1.165) is 12.0 Å². The second-order valence-corrected chi connectivity index (χ2v) is 6.85. The van der Waals surface area contributed by atoms with E-state index < -0.39 is 18.8 Å². The number of alkyl halides is 3. The summed E-state index contributed by atoms with van der Waals surface area (Å²) in [6, 6.07) is 6.38. The molecule has 8 heteroatoms. The molecule has 154 valence electrons. The van der Waals surface area contributed by atoms with Gasteiger partial charge in [0.1, 0.15) is 6.04 Å². The highest BCUT2D eigenvalue weighted by Crippen LogP contribution is 2.25. The number of piperazine rings is 1. The Morgan fingerprint density at radius 2 is 1.81 bits per heavy atom. The van der Waals surface area contributed by atoms with Gasteiger partial charge >= 0.3 is 6.18 Å². The fourth-order valence-corrected chi connectivity index (χ4v) is 3.21. The summed E-state index contributed by atoms with van der Waals surface area (Å²) in [7, 11) is 0. The van der Waals surface area contributed by atoms with Crippen molar-refractivity contribution in [1.82, 2.24) is 15.5 Å². The zero-order valence-corrected chi connectivity index (χ0v) is 16.6. The summed E-state index contributed by atoms with van der Waals surface area (Å²) in [5.41, 5.74) is 2.24. The molecule has 1 aromatic rings. The van der Waals surface area contributed by atoms with Crippen molar-refractivity contribution in [2.45, 2.75) is 44.8 Å². The maximum absolute atomic E-state index is 13.3. The van der Waals surface area contributed by atoms with Gasteiger partial charge in [-0.05, 0) is 23.5 Å². The third kappa shape index (κ3) is 7.31. The SMILES string of the molecule is CCc1ccc(C(C)CC(=O)NCC(N2CCNCC2)C(F)(F)F)cc1.Cl. The molecular formula is C19H29ClF3N3O. The van der Waals surface area contributed by atoms with Gasteiger partial charge in [-0.2, -0.15) is 13.2 Å². The van der Waals surface area contributed by atoms with Gasteiger partial charge in [0, 0.05) is 39.1 Å². The monoisotopic (exact) mass is 407 g/mol. The van der Waals surface area contributed by atoms with Crippen molar-refractivity contribution in [3.63, 3.8) is 0 Å². The zero-order valence-electron chi connectivity index (χ0n) is 15.8. The highest BCUT2D eigenvalue weighted by Gasteiger charge is 2.43. The van der Waals surface area contributed by atoms with Crippen molar-refractivity contribution in [3.8, 4) is 0 Å². The number of nitrogens with one attached hydrogen (secondary N) is 2. The van der Waals surface area contributed by atoms with Gasteiger partial charge in [0.15, 0.2) is 0 Å². The fourth-order valence-electron chi connectivity index (χ4n) is 3.21. The zero-order chi connectivity index (χ0) is 19.2. The molecule has 0 aliphatic carbocycles. The molecule has 0 saturated carbocycles. The molecule has 1 aliphatic rings. The molecule has 1 amide bonds. The van der Waals surface area contributed by atoms with Gasteiger partial charge in [0.05, 0.1) is 0 Å². The van der Waals surface area contributed by atoms with E-state index in [1.165, 1.54) is 10.5 Å². The molecule has 1 fully saturated rings. The summed E-state index contributed by atoms with van der Waals surface area (Å²) >= 11 is 0. The van der Waals surface area contributed by atoms with Crippen LogP contribution in [0.25, 0.3) is 0 Å². The standard InChI is InChI=1S/C19H28F3N3O.ClH/c1-3-15-4-6-16(7-5-15)14(2)12-18(26)24-13-17(19(20,21)22)25-10-8-23-9-11-25;/h4-7,14,17,23H,3,8-13H2,1-2H3,(H,24,26);1H. The Hall–Kier alpha value is -1.31. The molecular weight excluding hydrogens is 379 g/mol. The van der Waals surface area contributed by atoms with Crippen LogP contribution in [0.2, 0.25) is 0 Å². The summed E-state index contributed by atoms with van der Waals surface area (Å²) < 4.78 is 40.0. The lowest BCUT2D eigenvalue weighted by molar-refractivity contribution is -0.184. The summed E-state index contributed by atoms with van der Waals surface area (Å²) in [6.07, 6.45) is -3.23. The first kappa shape index (κ1) is 23.7. The van der Waals surface area contributed by atoms with Gasteiger partial charge in [-0.1, -0.05) is 38.1 Å². The number of hydrogen-bond acceptors (Lipinski definition) is 3. The summed E-state index contributed by atoms with van der Waals surface area (Å²) in [6.45, 7) is 5.32. The van der Waals surface area contributed by atoms with Crippen LogP contribution in [0.1, 0.15) is 37.3 Å². The minimum absolute atomic E-state index is 0. The summed E-state index contributed by atoms with van der Waals surface area (Å²) in [4.78, 5) is 13.5. The number of amides is 1. The van der Waals surface area contributed by atoms with Crippen LogP contribution >= 0.6 is 12.4 Å². The Labute approximate surface area is 165 Å². The predicted octanol–water partition coefficient (Wildman–Crippen LogP) is 3.12. The predicted molar refractivity (Wildman–Crippen MR) is 103 cm³/mol. The molecule has 0 radical (unpaired) electrons. The number of rotatable bonds is 7. The molecule has 2 unspecified atom stereocenters. The van der Waals surface area contributed by atoms with E-state index in [4.69, 9.17) is 0 Å². The van der Waals surface area contributed by atoms with Crippen molar-refractivity contribution in [3.05, 3.63) is 35.4 Å². The second kappa shape index (κ2) is 10.9. The van der Waals surface area contributed by atoms with Gasteiger partial charge in [0.25, 0.3) is 0 Å². The molecule has 1 heterocycles. The number of benzene rings is 1. The van der Waals surface area contributed by atoms with Crippen LogP contribution in [-0.2, 0) is 11.2 Å². The number of nitrogens with zero attached hydrogens (tertiary/aromatic N) is 1. The quantitative estimate of drug-likeness (QED) is 0.730. The Morgan fingerprint density at radius 1 is 1.22 bits per heavy atom. The average molecular weight is 408 g/mol. The van der Waals surface area contributed by atoms with Crippen molar-refractivity contribution in [2.24, 2.45) is 0 Å². The topological polar surface area (TPSA) is 44.4 Å². The normalized spacial score (nSPS) is 17.7. The van der Waals surface area contributed by atoms with E-state index in [1.54, 1.807) is 0 Å². The molecule has 0 bridgehead atoms. The van der Waals surface area contributed by atoms with E-state index in [-0.39, 0.29) is 30.7 Å². The molecule has 0 spiro atoms. The van der Waals surface area contributed by atoms with Crippen molar-refractivity contribution in [1.29, 1.82) is 0 Å². The van der Waals surface area contributed by atoms with Gasteiger partial charge in [-0.3, -0.25) is 9.69 Å². The smallest absolute Gasteiger partial charge is 0.354 e. The van der Waals surface area contributed by atoms with Crippen molar-refractivity contribution >= 4 is 18.3 Å². The van der Waals surface area contributed by atoms with E-state index in [9.17, 15) is 18.0 Å². The minimum Gasteiger partial charge on any atom is -0.354 e. The van der Waals surface area contributed by atoms with Crippen molar-refractivity contribution in [2.75, 3.05) is 32.7 Å². The first-order chi connectivity index (χ1) is 12.3. The maximum Gasteiger partial charge on any atom is 0.405 e. The lowest BCUT2D eigenvalue weighted by Crippen LogP contribution is -2.57. The van der Waals surface area contributed by atoms with Gasteiger partial charge in [-0.15, -0.1) is 12.4 Å². The van der Waals surface area contributed by atoms with Crippen LogP contribution in [0.3, 0.4) is 0 Å². The Balaban J connectivity index is 0.00000364. The Morgan fingerprint density at radius 3 is 2.33 bits per heavy atom. The number of hydrogen-bond donors (Lipinski definition) is 2. The third-order valence-corrected chi connectivity index (χ3v) is 4.91. The number of halogens is 4. The van der Waals surface area contributed by atoms with Gasteiger partial charge in [0.2, 0.25) is 5.91 Å². The third-order valence-electron chi connectivity index (χ3n) is 4.91. The van der Waals surface area contributed by atoms with E-state index in [1.807, 2.05) is 31.2 Å². The molecule has 4 nitrogen and oxygen atoms in total. The Kier molecular flexibility index (Phi) is 9.56. The van der Waals surface area contributed by atoms with E-state index >= 15 is 0 Å². The van der Waals surface area contributed by atoms with Crippen LogP contribution < -0.4 is 10.6 Å². The highest BCUT2D eigenvalue weighted by atomic mass is 35.5. The molecule has 1 aliphatic heterocycles. The molecule has 2 atom stereocenters. The molecule has 27 heavy (non-hydrogen) atoms. The fraction of sp³-hybridized carbons (Fsp3) is 0.632. The highest BCUT2D eigenvalue weighted by molar-refractivity contribution is 5.85. The molecule has 2 N–H and O–H groups in total. The minimum atomic E-state index is -4.35. The number of carbonyl (C=O) groups is 1. The first-order valence-corrected chi connectivity index (χ1v) is 9.18. The number of carbonyl (C=O) groups excluding carboxylic acids is 1. The molecule has 2 rings (SSSR count). The van der Waals surface area contributed by atoms with Crippen LogP contribution in [0, 0.1) is 0 Å². The van der Waals surface area contributed by atoms with Crippen LogP contribution in [0.15, 0.2) is 24.3 Å². The average Bonchev–Trinajstić information content (AvgIpc) is 2.61. The molecule has 1 aromatic carbocycles. The van der Waals surface area contributed by atoms with Gasteiger partial charge < -0.3 is 10.6 Å².